The second-order valence-electron chi connectivity index (χ2n) is 5.45. The fraction of sp³-hybridized carbons (Fsp3) is 0.625. The van der Waals surface area contributed by atoms with Crippen molar-refractivity contribution < 1.29 is 17.9 Å². The summed E-state index contributed by atoms with van der Waals surface area (Å²) in [7, 11) is 0. The van der Waals surface area contributed by atoms with Gasteiger partial charge < -0.3 is 10.1 Å². The molecule has 0 heterocycles. The van der Waals surface area contributed by atoms with E-state index in [9.17, 15) is 13.2 Å². The first-order chi connectivity index (χ1) is 10.0. The quantitative estimate of drug-likeness (QED) is 0.833. The van der Waals surface area contributed by atoms with Crippen molar-refractivity contribution in [2.75, 3.05) is 6.54 Å². The summed E-state index contributed by atoms with van der Waals surface area (Å²) >= 11 is 0. The Balaban J connectivity index is 2.18. The van der Waals surface area contributed by atoms with E-state index in [0.717, 1.165) is 44.7 Å². The number of likely N-dealkylation sites (N-methyl/N-ethyl adjacent to an activating group) is 1. The summed E-state index contributed by atoms with van der Waals surface area (Å²) in [5.74, 6) is -0.0557. The molecule has 1 fully saturated rings. The van der Waals surface area contributed by atoms with E-state index in [0.29, 0.717) is 0 Å². The lowest BCUT2D eigenvalue weighted by atomic mass is 10.1. The number of nitrogens with one attached hydrogen (secondary N) is 1. The van der Waals surface area contributed by atoms with Crippen molar-refractivity contribution in [1.29, 1.82) is 0 Å². The van der Waals surface area contributed by atoms with Crippen LogP contribution in [0.5, 0.6) is 5.75 Å². The molecule has 1 aliphatic carbocycles. The van der Waals surface area contributed by atoms with Gasteiger partial charge in [0.05, 0.1) is 5.56 Å². The van der Waals surface area contributed by atoms with Crippen LogP contribution in [-0.2, 0) is 6.18 Å². The van der Waals surface area contributed by atoms with E-state index in [-0.39, 0.29) is 17.9 Å². The van der Waals surface area contributed by atoms with Gasteiger partial charge in [-0.3, -0.25) is 0 Å². The zero-order valence-corrected chi connectivity index (χ0v) is 12.2. The summed E-state index contributed by atoms with van der Waals surface area (Å²) in [5.41, 5.74) is -0.690. The van der Waals surface area contributed by atoms with E-state index >= 15 is 0 Å². The predicted molar refractivity (Wildman–Crippen MR) is 76.4 cm³/mol. The molecule has 5 heteroatoms. The molecule has 2 nitrogen and oxygen atoms in total. The standard InChI is InChI=1S/C16H22F3NO/c1-2-20-13-9-4-3-5-11-15(13)21-14-10-7-6-8-12(14)16(17,18)19/h6-8,10,13,15,20H,2-5,9,11H2,1H3. The van der Waals surface area contributed by atoms with Crippen molar-refractivity contribution in [3.8, 4) is 5.75 Å². The molecule has 0 aliphatic heterocycles. The van der Waals surface area contributed by atoms with Crippen LogP contribution in [-0.4, -0.2) is 18.7 Å². The Hall–Kier alpha value is -1.23. The molecular formula is C16H22F3NO. The van der Waals surface area contributed by atoms with E-state index in [1.807, 2.05) is 6.92 Å². The number of hydrogen-bond donors (Lipinski definition) is 1. The fourth-order valence-corrected chi connectivity index (χ4v) is 2.88. The third-order valence-electron chi connectivity index (χ3n) is 3.89. The molecule has 1 aromatic rings. The van der Waals surface area contributed by atoms with Crippen LogP contribution in [0, 0.1) is 0 Å². The topological polar surface area (TPSA) is 21.3 Å². The van der Waals surface area contributed by atoms with Gasteiger partial charge in [0.25, 0.3) is 0 Å². The van der Waals surface area contributed by atoms with Crippen molar-refractivity contribution in [1.82, 2.24) is 5.32 Å². The summed E-state index contributed by atoms with van der Waals surface area (Å²) in [6.45, 7) is 2.80. The van der Waals surface area contributed by atoms with Gasteiger partial charge in [-0.2, -0.15) is 13.2 Å². The van der Waals surface area contributed by atoms with Gasteiger partial charge in [0.2, 0.25) is 0 Å². The zero-order chi connectivity index (χ0) is 15.3. The molecule has 1 aliphatic rings. The van der Waals surface area contributed by atoms with Crippen molar-refractivity contribution in [2.24, 2.45) is 0 Å². The molecule has 0 spiro atoms. The van der Waals surface area contributed by atoms with Crippen LogP contribution in [0.4, 0.5) is 13.2 Å². The van der Waals surface area contributed by atoms with Crippen LogP contribution < -0.4 is 10.1 Å². The van der Waals surface area contributed by atoms with Crippen LogP contribution in [0.1, 0.15) is 44.6 Å². The Morgan fingerprint density at radius 1 is 1.14 bits per heavy atom. The molecule has 0 bridgehead atoms. The van der Waals surface area contributed by atoms with Crippen LogP contribution in [0.3, 0.4) is 0 Å². The first-order valence-corrected chi connectivity index (χ1v) is 7.58. The number of halogens is 3. The van der Waals surface area contributed by atoms with Gasteiger partial charge in [-0.25, -0.2) is 0 Å². The Labute approximate surface area is 123 Å². The van der Waals surface area contributed by atoms with E-state index in [2.05, 4.69) is 5.32 Å². The first kappa shape index (κ1) is 16.1. The van der Waals surface area contributed by atoms with Crippen molar-refractivity contribution in [2.45, 2.75) is 57.3 Å². The average Bonchev–Trinajstić information content (AvgIpc) is 2.65. The highest BCUT2D eigenvalue weighted by atomic mass is 19.4. The first-order valence-electron chi connectivity index (χ1n) is 7.58. The number of para-hydroxylation sites is 1. The van der Waals surface area contributed by atoms with Crippen LogP contribution in [0.25, 0.3) is 0 Å². The molecule has 0 radical (unpaired) electrons. The SMILES string of the molecule is CCNC1CCCCCC1Oc1ccccc1C(F)(F)F. The minimum atomic E-state index is -4.38. The lowest BCUT2D eigenvalue weighted by Gasteiger charge is -2.28. The number of alkyl halides is 3. The zero-order valence-electron chi connectivity index (χ0n) is 12.2. The van der Waals surface area contributed by atoms with Gasteiger partial charge in [0.1, 0.15) is 11.9 Å². The Bertz CT molecular complexity index is 447. The second-order valence-corrected chi connectivity index (χ2v) is 5.45. The van der Waals surface area contributed by atoms with Gasteiger partial charge in [-0.1, -0.05) is 31.9 Å². The fourth-order valence-electron chi connectivity index (χ4n) is 2.88. The Kier molecular flexibility index (Phi) is 5.51. The van der Waals surface area contributed by atoms with Gasteiger partial charge in [0.15, 0.2) is 0 Å². The number of ether oxygens (including phenoxy) is 1. The Morgan fingerprint density at radius 3 is 2.57 bits per heavy atom. The molecule has 0 amide bonds. The lowest BCUT2D eigenvalue weighted by molar-refractivity contribution is -0.139. The monoisotopic (exact) mass is 301 g/mol. The number of benzene rings is 1. The van der Waals surface area contributed by atoms with Crippen LogP contribution in [0.15, 0.2) is 24.3 Å². The van der Waals surface area contributed by atoms with Crippen molar-refractivity contribution in [3.05, 3.63) is 29.8 Å². The molecule has 2 rings (SSSR count). The lowest BCUT2D eigenvalue weighted by Crippen LogP contribution is -2.42. The minimum absolute atomic E-state index is 0.0557. The summed E-state index contributed by atoms with van der Waals surface area (Å²) < 4.78 is 44.9. The highest BCUT2D eigenvalue weighted by Gasteiger charge is 2.35. The third kappa shape index (κ3) is 4.37. The molecule has 118 valence electrons. The normalized spacial score (nSPS) is 23.6. The summed E-state index contributed by atoms with van der Waals surface area (Å²) in [6.07, 6.45) is 0.379. The predicted octanol–water partition coefficient (Wildman–Crippen LogP) is 4.40. The molecule has 2 unspecified atom stereocenters. The molecule has 0 saturated heterocycles. The van der Waals surface area contributed by atoms with E-state index < -0.39 is 11.7 Å². The van der Waals surface area contributed by atoms with Crippen molar-refractivity contribution in [3.63, 3.8) is 0 Å². The minimum Gasteiger partial charge on any atom is -0.488 e. The molecule has 1 N–H and O–H groups in total. The second kappa shape index (κ2) is 7.16. The summed E-state index contributed by atoms with van der Waals surface area (Å²) in [6, 6.07) is 5.60. The summed E-state index contributed by atoms with van der Waals surface area (Å²) in [4.78, 5) is 0. The average molecular weight is 301 g/mol. The van der Waals surface area contributed by atoms with Gasteiger partial charge in [-0.05, 0) is 37.9 Å². The van der Waals surface area contributed by atoms with Crippen LogP contribution >= 0.6 is 0 Å². The smallest absolute Gasteiger partial charge is 0.419 e. The molecule has 1 aromatic carbocycles. The number of rotatable bonds is 4. The molecule has 2 atom stereocenters. The third-order valence-corrected chi connectivity index (χ3v) is 3.89. The van der Waals surface area contributed by atoms with Crippen molar-refractivity contribution >= 4 is 0 Å². The molecule has 0 aromatic heterocycles. The van der Waals surface area contributed by atoms with Gasteiger partial charge in [-0.15, -0.1) is 0 Å². The van der Waals surface area contributed by atoms with Crippen LogP contribution in [0.2, 0.25) is 0 Å². The molecule has 21 heavy (non-hydrogen) atoms. The highest BCUT2D eigenvalue weighted by Crippen LogP contribution is 2.37. The van der Waals surface area contributed by atoms with E-state index in [1.165, 1.54) is 12.1 Å². The maximum Gasteiger partial charge on any atom is 0.419 e. The number of hydrogen-bond acceptors (Lipinski definition) is 2. The maximum atomic E-state index is 13.0. The van der Waals surface area contributed by atoms with E-state index in [1.54, 1.807) is 6.07 Å². The van der Waals surface area contributed by atoms with Gasteiger partial charge in [0, 0.05) is 6.04 Å². The van der Waals surface area contributed by atoms with E-state index in [4.69, 9.17) is 4.74 Å². The largest absolute Gasteiger partial charge is 0.488 e. The Morgan fingerprint density at radius 2 is 1.86 bits per heavy atom. The maximum absolute atomic E-state index is 13.0. The molecule has 1 saturated carbocycles. The highest BCUT2D eigenvalue weighted by molar-refractivity contribution is 5.35. The molecular weight excluding hydrogens is 279 g/mol. The van der Waals surface area contributed by atoms with Gasteiger partial charge >= 0.3 is 6.18 Å². The summed E-state index contributed by atoms with van der Waals surface area (Å²) in [5, 5.41) is 3.35.